The van der Waals surface area contributed by atoms with Gasteiger partial charge in [0.15, 0.2) is 0 Å². The standard InChI is InChI=1S/C15H19F2N3O/c1-10-6-19-20(8-10)9-11(2)18-7-15(21)13-5-12(16)3-4-14(13)17/h3-6,8,11,15,18,21H,7,9H2,1-2H3. The minimum Gasteiger partial charge on any atom is -0.387 e. The van der Waals surface area contributed by atoms with E-state index in [1.807, 2.05) is 20.0 Å². The zero-order chi connectivity index (χ0) is 15.4. The number of halogens is 2. The highest BCUT2D eigenvalue weighted by Gasteiger charge is 2.15. The highest BCUT2D eigenvalue weighted by atomic mass is 19.1. The molecule has 0 fully saturated rings. The second kappa shape index (κ2) is 6.78. The quantitative estimate of drug-likeness (QED) is 0.859. The molecule has 21 heavy (non-hydrogen) atoms. The molecular formula is C15H19F2N3O. The van der Waals surface area contributed by atoms with Crippen LogP contribution in [0.3, 0.4) is 0 Å². The SMILES string of the molecule is Cc1cnn(CC(C)NCC(O)c2cc(F)ccc2F)c1. The van der Waals surface area contributed by atoms with Crippen molar-refractivity contribution in [2.24, 2.45) is 0 Å². The van der Waals surface area contributed by atoms with Gasteiger partial charge in [-0.1, -0.05) is 0 Å². The lowest BCUT2D eigenvalue weighted by molar-refractivity contribution is 0.164. The van der Waals surface area contributed by atoms with E-state index >= 15 is 0 Å². The van der Waals surface area contributed by atoms with Gasteiger partial charge >= 0.3 is 0 Å². The lowest BCUT2D eigenvalue weighted by Gasteiger charge is -2.18. The number of hydrogen-bond acceptors (Lipinski definition) is 3. The van der Waals surface area contributed by atoms with Crippen LogP contribution in [-0.4, -0.2) is 27.5 Å². The van der Waals surface area contributed by atoms with E-state index in [1.54, 1.807) is 10.9 Å². The van der Waals surface area contributed by atoms with Crippen molar-refractivity contribution in [2.75, 3.05) is 6.54 Å². The minimum absolute atomic E-state index is 0.0374. The normalized spacial score (nSPS) is 14.1. The third-order valence-corrected chi connectivity index (χ3v) is 3.20. The van der Waals surface area contributed by atoms with Crippen molar-refractivity contribution < 1.29 is 13.9 Å². The van der Waals surface area contributed by atoms with Gasteiger partial charge in [-0.15, -0.1) is 0 Å². The van der Waals surface area contributed by atoms with Gasteiger partial charge in [0, 0.05) is 24.3 Å². The summed E-state index contributed by atoms with van der Waals surface area (Å²) in [5.41, 5.74) is 1.04. The summed E-state index contributed by atoms with van der Waals surface area (Å²) in [5.74, 6) is -1.17. The summed E-state index contributed by atoms with van der Waals surface area (Å²) in [6, 6.07) is 3.10. The number of aliphatic hydroxyl groups excluding tert-OH is 1. The fraction of sp³-hybridized carbons (Fsp3) is 0.400. The first-order valence-electron chi connectivity index (χ1n) is 6.81. The molecule has 0 bridgehead atoms. The number of nitrogens with one attached hydrogen (secondary N) is 1. The van der Waals surface area contributed by atoms with Crippen molar-refractivity contribution in [3.8, 4) is 0 Å². The molecule has 0 saturated heterocycles. The molecule has 0 amide bonds. The van der Waals surface area contributed by atoms with Crippen molar-refractivity contribution in [3.63, 3.8) is 0 Å². The first-order chi connectivity index (χ1) is 9.95. The topological polar surface area (TPSA) is 50.1 Å². The Morgan fingerprint density at radius 1 is 1.38 bits per heavy atom. The summed E-state index contributed by atoms with van der Waals surface area (Å²) < 4.78 is 28.4. The fourth-order valence-corrected chi connectivity index (χ4v) is 2.10. The molecule has 6 heteroatoms. The average Bonchev–Trinajstić information content (AvgIpc) is 2.84. The molecule has 0 saturated carbocycles. The maximum Gasteiger partial charge on any atom is 0.129 e. The Morgan fingerprint density at radius 3 is 2.81 bits per heavy atom. The number of rotatable bonds is 6. The molecular weight excluding hydrogens is 276 g/mol. The lowest BCUT2D eigenvalue weighted by Crippen LogP contribution is -2.34. The van der Waals surface area contributed by atoms with Crippen LogP contribution in [0, 0.1) is 18.6 Å². The molecule has 0 aliphatic carbocycles. The number of aromatic nitrogens is 2. The summed E-state index contributed by atoms with van der Waals surface area (Å²) in [4.78, 5) is 0. The van der Waals surface area contributed by atoms with E-state index < -0.39 is 17.7 Å². The molecule has 2 aromatic rings. The fourth-order valence-electron chi connectivity index (χ4n) is 2.10. The van der Waals surface area contributed by atoms with Gasteiger partial charge in [0.05, 0.1) is 18.8 Å². The van der Waals surface area contributed by atoms with Gasteiger partial charge in [-0.05, 0) is 37.6 Å². The Balaban J connectivity index is 1.88. The maximum atomic E-state index is 13.5. The number of nitrogens with zero attached hydrogens (tertiary/aromatic N) is 2. The molecule has 2 rings (SSSR count). The number of aryl methyl sites for hydroxylation is 1. The average molecular weight is 295 g/mol. The molecule has 2 unspecified atom stereocenters. The number of aliphatic hydroxyl groups is 1. The molecule has 1 heterocycles. The number of benzene rings is 1. The van der Waals surface area contributed by atoms with Gasteiger partial charge in [-0.2, -0.15) is 5.10 Å². The zero-order valence-electron chi connectivity index (χ0n) is 12.1. The Kier molecular flexibility index (Phi) is 5.03. The van der Waals surface area contributed by atoms with Crippen LogP contribution in [-0.2, 0) is 6.54 Å². The molecule has 2 N–H and O–H groups in total. The van der Waals surface area contributed by atoms with Crippen LogP contribution in [0.15, 0.2) is 30.6 Å². The van der Waals surface area contributed by atoms with Gasteiger partial charge in [0.2, 0.25) is 0 Å². The number of hydrogen-bond donors (Lipinski definition) is 2. The van der Waals surface area contributed by atoms with Crippen LogP contribution in [0.4, 0.5) is 8.78 Å². The van der Waals surface area contributed by atoms with E-state index in [0.717, 1.165) is 23.8 Å². The van der Waals surface area contributed by atoms with Gasteiger partial charge in [-0.3, -0.25) is 4.68 Å². The highest BCUT2D eigenvalue weighted by Crippen LogP contribution is 2.17. The monoisotopic (exact) mass is 295 g/mol. The van der Waals surface area contributed by atoms with Crippen LogP contribution in [0.2, 0.25) is 0 Å². The Hall–Kier alpha value is -1.79. The Morgan fingerprint density at radius 2 is 2.14 bits per heavy atom. The molecule has 2 atom stereocenters. The molecule has 1 aromatic carbocycles. The van der Waals surface area contributed by atoms with Crippen molar-refractivity contribution >= 4 is 0 Å². The molecule has 0 aliphatic heterocycles. The first-order valence-corrected chi connectivity index (χ1v) is 6.81. The van der Waals surface area contributed by atoms with Crippen LogP contribution in [0.5, 0.6) is 0 Å². The molecule has 0 radical (unpaired) electrons. The molecule has 0 aliphatic rings. The second-order valence-corrected chi connectivity index (χ2v) is 5.23. The van der Waals surface area contributed by atoms with E-state index in [4.69, 9.17) is 0 Å². The molecule has 4 nitrogen and oxygen atoms in total. The lowest BCUT2D eigenvalue weighted by atomic mass is 10.1. The van der Waals surface area contributed by atoms with Crippen molar-refractivity contribution in [3.05, 3.63) is 53.4 Å². The van der Waals surface area contributed by atoms with E-state index in [1.165, 1.54) is 0 Å². The third-order valence-electron chi connectivity index (χ3n) is 3.20. The van der Waals surface area contributed by atoms with Crippen molar-refractivity contribution in [1.82, 2.24) is 15.1 Å². The predicted molar refractivity (Wildman–Crippen MR) is 75.7 cm³/mol. The zero-order valence-corrected chi connectivity index (χ0v) is 12.1. The van der Waals surface area contributed by atoms with Crippen LogP contribution < -0.4 is 5.32 Å². The predicted octanol–water partition coefficient (Wildman–Crippen LogP) is 2.18. The summed E-state index contributed by atoms with van der Waals surface area (Å²) in [7, 11) is 0. The summed E-state index contributed by atoms with van der Waals surface area (Å²) >= 11 is 0. The van der Waals surface area contributed by atoms with Crippen molar-refractivity contribution in [1.29, 1.82) is 0 Å². The smallest absolute Gasteiger partial charge is 0.129 e. The Labute approximate surface area is 122 Å². The Bertz CT molecular complexity index is 600. The third kappa shape index (κ3) is 4.34. The summed E-state index contributed by atoms with van der Waals surface area (Å²) in [5, 5.41) is 17.2. The highest BCUT2D eigenvalue weighted by molar-refractivity contribution is 5.21. The molecule has 1 aromatic heterocycles. The van der Waals surface area contributed by atoms with E-state index in [0.29, 0.717) is 6.54 Å². The van der Waals surface area contributed by atoms with Crippen LogP contribution in [0.1, 0.15) is 24.2 Å². The van der Waals surface area contributed by atoms with Gasteiger partial charge < -0.3 is 10.4 Å². The maximum absolute atomic E-state index is 13.5. The van der Waals surface area contributed by atoms with E-state index in [2.05, 4.69) is 10.4 Å². The minimum atomic E-state index is -1.09. The van der Waals surface area contributed by atoms with Gasteiger partial charge in [0.25, 0.3) is 0 Å². The first kappa shape index (κ1) is 15.6. The molecule has 114 valence electrons. The van der Waals surface area contributed by atoms with E-state index in [9.17, 15) is 13.9 Å². The molecule has 0 spiro atoms. The van der Waals surface area contributed by atoms with Crippen LogP contribution >= 0.6 is 0 Å². The largest absolute Gasteiger partial charge is 0.387 e. The van der Waals surface area contributed by atoms with E-state index in [-0.39, 0.29) is 18.2 Å². The summed E-state index contributed by atoms with van der Waals surface area (Å²) in [6.45, 7) is 4.66. The second-order valence-electron chi connectivity index (χ2n) is 5.23. The van der Waals surface area contributed by atoms with Crippen molar-refractivity contribution in [2.45, 2.75) is 32.5 Å². The van der Waals surface area contributed by atoms with Gasteiger partial charge in [-0.25, -0.2) is 8.78 Å². The van der Waals surface area contributed by atoms with Crippen LogP contribution in [0.25, 0.3) is 0 Å². The van der Waals surface area contributed by atoms with Gasteiger partial charge in [0.1, 0.15) is 11.6 Å². The summed E-state index contributed by atoms with van der Waals surface area (Å²) in [6.07, 6.45) is 2.59.